The molecular weight excluding hydrogens is 192 g/mol. The minimum atomic E-state index is -0.0346. The number of hydrogen-bond donors (Lipinski definition) is 1. The number of hydrogen-bond acceptors (Lipinski definition) is 3. The van der Waals surface area contributed by atoms with Crippen LogP contribution in [-0.4, -0.2) is 40.2 Å². The maximum Gasteiger partial charge on any atom is 0.257 e. The number of aryl methyl sites for hydroxylation is 1. The van der Waals surface area contributed by atoms with Crippen molar-refractivity contribution in [2.24, 2.45) is 5.73 Å². The SMILES string of the molecule is CCn1cc(C(=O)N(C)[C@H](C)CN)cn1. The van der Waals surface area contributed by atoms with Gasteiger partial charge in [0.1, 0.15) is 0 Å². The molecule has 0 aliphatic rings. The van der Waals surface area contributed by atoms with E-state index >= 15 is 0 Å². The first kappa shape index (κ1) is 11.7. The summed E-state index contributed by atoms with van der Waals surface area (Å²) in [6.07, 6.45) is 3.34. The molecule has 0 aliphatic heterocycles. The van der Waals surface area contributed by atoms with Crippen LogP contribution in [0.25, 0.3) is 0 Å². The summed E-state index contributed by atoms with van der Waals surface area (Å²) in [4.78, 5) is 13.5. The summed E-state index contributed by atoms with van der Waals surface area (Å²) in [7, 11) is 1.75. The molecule has 5 heteroatoms. The van der Waals surface area contributed by atoms with Crippen LogP contribution in [0.2, 0.25) is 0 Å². The highest BCUT2D eigenvalue weighted by Gasteiger charge is 2.17. The van der Waals surface area contributed by atoms with Crippen LogP contribution >= 0.6 is 0 Å². The standard InChI is InChI=1S/C10H18N4O/c1-4-14-7-9(6-12-14)10(15)13(3)8(2)5-11/h6-8H,4-5,11H2,1-3H3/t8-/m1/s1. The van der Waals surface area contributed by atoms with Crippen molar-refractivity contribution in [3.8, 4) is 0 Å². The van der Waals surface area contributed by atoms with Gasteiger partial charge in [-0.3, -0.25) is 9.48 Å². The molecule has 1 aromatic heterocycles. The molecule has 0 bridgehead atoms. The van der Waals surface area contributed by atoms with Crippen LogP contribution in [0.3, 0.4) is 0 Å². The van der Waals surface area contributed by atoms with Crippen LogP contribution in [0, 0.1) is 0 Å². The summed E-state index contributed by atoms with van der Waals surface area (Å²) in [6, 6.07) is 0.0440. The van der Waals surface area contributed by atoms with Crippen molar-refractivity contribution in [1.29, 1.82) is 0 Å². The normalized spacial score (nSPS) is 12.5. The minimum absolute atomic E-state index is 0.0346. The van der Waals surface area contributed by atoms with Crippen LogP contribution in [-0.2, 0) is 6.54 Å². The van der Waals surface area contributed by atoms with Crippen LogP contribution in [0.15, 0.2) is 12.4 Å². The highest BCUT2D eigenvalue weighted by atomic mass is 16.2. The van der Waals surface area contributed by atoms with E-state index in [4.69, 9.17) is 5.73 Å². The molecule has 0 aromatic carbocycles. The molecule has 1 rings (SSSR count). The lowest BCUT2D eigenvalue weighted by Crippen LogP contribution is -2.39. The van der Waals surface area contributed by atoms with E-state index < -0.39 is 0 Å². The predicted octanol–water partition coefficient (Wildman–Crippen LogP) is 0.322. The number of amides is 1. The van der Waals surface area contributed by atoms with Crippen LogP contribution in [0.4, 0.5) is 0 Å². The minimum Gasteiger partial charge on any atom is -0.338 e. The zero-order chi connectivity index (χ0) is 11.4. The third-order valence-corrected chi connectivity index (χ3v) is 2.53. The van der Waals surface area contributed by atoms with Crippen LogP contribution in [0.5, 0.6) is 0 Å². The molecule has 15 heavy (non-hydrogen) atoms. The summed E-state index contributed by atoms with van der Waals surface area (Å²) in [5, 5.41) is 4.06. The predicted molar refractivity (Wildman–Crippen MR) is 58.5 cm³/mol. The molecule has 0 unspecified atom stereocenters. The fourth-order valence-corrected chi connectivity index (χ4v) is 1.21. The van der Waals surface area contributed by atoms with Crippen molar-refractivity contribution in [2.75, 3.05) is 13.6 Å². The highest BCUT2D eigenvalue weighted by molar-refractivity contribution is 5.93. The second-order valence-electron chi connectivity index (χ2n) is 3.59. The first-order valence-corrected chi connectivity index (χ1v) is 5.09. The second kappa shape index (κ2) is 4.93. The number of likely N-dealkylation sites (N-methyl/N-ethyl adjacent to an activating group) is 1. The van der Waals surface area contributed by atoms with Gasteiger partial charge in [-0.05, 0) is 13.8 Å². The Hall–Kier alpha value is -1.36. The molecule has 1 aromatic rings. The molecule has 5 nitrogen and oxygen atoms in total. The van der Waals surface area contributed by atoms with Gasteiger partial charge in [0.2, 0.25) is 0 Å². The maximum atomic E-state index is 11.9. The van der Waals surface area contributed by atoms with E-state index in [0.717, 1.165) is 6.54 Å². The van der Waals surface area contributed by atoms with Gasteiger partial charge < -0.3 is 10.6 Å². The Morgan fingerprint density at radius 2 is 2.40 bits per heavy atom. The van der Waals surface area contributed by atoms with Gasteiger partial charge in [-0.2, -0.15) is 5.10 Å². The summed E-state index contributed by atoms with van der Waals surface area (Å²) < 4.78 is 1.73. The van der Waals surface area contributed by atoms with E-state index in [1.165, 1.54) is 0 Å². The Labute approximate surface area is 89.9 Å². The maximum absolute atomic E-state index is 11.9. The number of aromatic nitrogens is 2. The monoisotopic (exact) mass is 210 g/mol. The number of carbonyl (C=O) groups excluding carboxylic acids is 1. The zero-order valence-corrected chi connectivity index (χ0v) is 9.47. The average Bonchev–Trinajstić information content (AvgIpc) is 2.74. The van der Waals surface area contributed by atoms with Crippen molar-refractivity contribution in [3.63, 3.8) is 0 Å². The van der Waals surface area contributed by atoms with Crippen LogP contribution < -0.4 is 5.73 Å². The topological polar surface area (TPSA) is 64.2 Å². The Morgan fingerprint density at radius 1 is 1.73 bits per heavy atom. The molecule has 84 valence electrons. The number of nitrogens with zero attached hydrogens (tertiary/aromatic N) is 3. The largest absolute Gasteiger partial charge is 0.338 e. The molecule has 0 saturated heterocycles. The fraction of sp³-hybridized carbons (Fsp3) is 0.600. The smallest absolute Gasteiger partial charge is 0.257 e. The first-order valence-electron chi connectivity index (χ1n) is 5.09. The van der Waals surface area contributed by atoms with Gasteiger partial charge in [-0.1, -0.05) is 0 Å². The molecule has 0 aliphatic carbocycles. The van der Waals surface area contributed by atoms with Gasteiger partial charge in [0.05, 0.1) is 11.8 Å². The molecular formula is C10H18N4O. The van der Waals surface area contributed by atoms with Crippen molar-refractivity contribution < 1.29 is 4.79 Å². The number of nitrogens with two attached hydrogens (primary N) is 1. The van der Waals surface area contributed by atoms with E-state index in [1.807, 2.05) is 13.8 Å². The van der Waals surface area contributed by atoms with Gasteiger partial charge in [0.25, 0.3) is 5.91 Å². The van der Waals surface area contributed by atoms with Gasteiger partial charge in [-0.25, -0.2) is 0 Å². The summed E-state index contributed by atoms with van der Waals surface area (Å²) in [5.74, 6) is -0.0346. The summed E-state index contributed by atoms with van der Waals surface area (Å²) in [6.45, 7) is 5.13. The summed E-state index contributed by atoms with van der Waals surface area (Å²) in [5.41, 5.74) is 6.12. The Balaban J connectivity index is 2.75. The lowest BCUT2D eigenvalue weighted by Gasteiger charge is -2.22. The van der Waals surface area contributed by atoms with Gasteiger partial charge >= 0.3 is 0 Å². The first-order chi connectivity index (χ1) is 7.10. The molecule has 0 radical (unpaired) electrons. The van der Waals surface area contributed by atoms with E-state index in [1.54, 1.807) is 29.0 Å². The fourth-order valence-electron chi connectivity index (χ4n) is 1.21. The lowest BCUT2D eigenvalue weighted by atomic mass is 10.2. The lowest BCUT2D eigenvalue weighted by molar-refractivity contribution is 0.0748. The molecule has 1 heterocycles. The van der Waals surface area contributed by atoms with Crippen molar-refractivity contribution in [1.82, 2.24) is 14.7 Å². The van der Waals surface area contributed by atoms with Crippen molar-refractivity contribution in [2.45, 2.75) is 26.4 Å². The summed E-state index contributed by atoms with van der Waals surface area (Å²) >= 11 is 0. The molecule has 0 fully saturated rings. The molecule has 0 spiro atoms. The van der Waals surface area contributed by atoms with E-state index in [9.17, 15) is 4.79 Å². The van der Waals surface area contributed by atoms with E-state index in [-0.39, 0.29) is 11.9 Å². The van der Waals surface area contributed by atoms with Gasteiger partial charge in [0.15, 0.2) is 0 Å². The Kier molecular flexibility index (Phi) is 3.85. The average molecular weight is 210 g/mol. The van der Waals surface area contributed by atoms with Crippen molar-refractivity contribution >= 4 is 5.91 Å². The van der Waals surface area contributed by atoms with Gasteiger partial charge in [0, 0.05) is 32.4 Å². The molecule has 1 amide bonds. The van der Waals surface area contributed by atoms with Crippen LogP contribution in [0.1, 0.15) is 24.2 Å². The third kappa shape index (κ3) is 2.56. The molecule has 0 saturated carbocycles. The van der Waals surface area contributed by atoms with E-state index in [2.05, 4.69) is 5.10 Å². The van der Waals surface area contributed by atoms with Crippen molar-refractivity contribution in [3.05, 3.63) is 18.0 Å². The molecule has 2 N–H and O–H groups in total. The Bertz CT molecular complexity index is 334. The third-order valence-electron chi connectivity index (χ3n) is 2.53. The zero-order valence-electron chi connectivity index (χ0n) is 9.47. The quantitative estimate of drug-likeness (QED) is 0.778. The number of rotatable bonds is 4. The Morgan fingerprint density at radius 3 is 2.87 bits per heavy atom. The number of carbonyl (C=O) groups is 1. The molecule has 1 atom stereocenters. The second-order valence-corrected chi connectivity index (χ2v) is 3.59. The highest BCUT2D eigenvalue weighted by Crippen LogP contribution is 2.05. The van der Waals surface area contributed by atoms with Gasteiger partial charge in [-0.15, -0.1) is 0 Å². The van der Waals surface area contributed by atoms with E-state index in [0.29, 0.717) is 12.1 Å².